The van der Waals surface area contributed by atoms with E-state index in [9.17, 15) is 111 Å². The minimum Gasteiger partial charge on any atom is -0.726 e. The third-order valence-electron chi connectivity index (χ3n) is 12.8. The number of methoxy groups -OCH3 is 7. The van der Waals surface area contributed by atoms with Gasteiger partial charge in [0.1, 0.15) is 73.2 Å². The third kappa shape index (κ3) is 27.9. The predicted molar refractivity (Wildman–Crippen MR) is 266 cm³/mol. The Morgan fingerprint density at radius 3 is 1.14 bits per heavy atom. The van der Waals surface area contributed by atoms with Crippen LogP contribution in [0.15, 0.2) is 0 Å². The lowest BCUT2D eigenvalue weighted by Crippen LogP contribution is -2.65. The summed E-state index contributed by atoms with van der Waals surface area (Å²) in [5.74, 6) is -3.13. The summed E-state index contributed by atoms with van der Waals surface area (Å²) < 4.78 is 333. The average molecular weight is 1480 g/mol. The highest BCUT2D eigenvalue weighted by Crippen LogP contribution is 2.35. The summed E-state index contributed by atoms with van der Waals surface area (Å²) in [6.45, 7) is -1.99. The second-order valence-electron chi connectivity index (χ2n) is 18.6. The highest BCUT2D eigenvalue weighted by Gasteiger charge is 2.55. The van der Waals surface area contributed by atoms with Crippen molar-refractivity contribution in [2.45, 2.75) is 148 Å². The third-order valence-corrected chi connectivity index (χ3v) is 15.9. The molecule has 2 N–H and O–H groups in total. The second kappa shape index (κ2) is 35.1. The molecule has 0 aromatic rings. The largest absolute Gasteiger partial charge is 0.726 e. The maximum Gasteiger partial charge on any atom is 0.335 e. The van der Waals surface area contributed by atoms with Gasteiger partial charge in [-0.05, 0) is 6.92 Å². The van der Waals surface area contributed by atoms with Crippen LogP contribution in [0.3, 0.4) is 0 Å². The van der Waals surface area contributed by atoms with E-state index in [1.165, 1.54) is 49.6 Å². The fourth-order valence-electron chi connectivity index (χ4n) is 9.32. The minimum atomic E-state index is -5.81. The molecular weight excluding hydrogens is 1420 g/mol. The molecule has 0 spiro atoms. The first-order valence-electron chi connectivity index (χ1n) is 24.7. The van der Waals surface area contributed by atoms with Gasteiger partial charge < -0.3 is 108 Å². The molecule has 5 aliphatic heterocycles. The van der Waals surface area contributed by atoms with E-state index in [0.717, 1.165) is 7.11 Å². The van der Waals surface area contributed by atoms with Crippen LogP contribution in [-0.2, 0) is 178 Å². The number of aliphatic carboxylic acids is 2. The smallest absolute Gasteiger partial charge is 0.335 e. The molecule has 0 aliphatic carbocycles. The molecule has 538 valence electrons. The van der Waals surface area contributed by atoms with Crippen LogP contribution in [-0.4, -0.2) is 324 Å². The molecule has 0 radical (unpaired) electrons. The molecule has 5 heterocycles. The topological polar surface area (TPSA) is 669 Å². The van der Waals surface area contributed by atoms with Crippen LogP contribution in [0.5, 0.6) is 0 Å². The van der Waals surface area contributed by atoms with Crippen molar-refractivity contribution in [3.8, 4) is 0 Å². The molecular formula is C38H61O46S7-7. The van der Waals surface area contributed by atoms with E-state index in [1.54, 1.807) is 0 Å². The quantitative estimate of drug-likeness (QED) is 0.0498. The summed E-state index contributed by atoms with van der Waals surface area (Å²) in [4.78, 5) is 23.5. The number of carboxylic acid groups (broad SMARTS) is 2. The van der Waals surface area contributed by atoms with E-state index in [1.807, 2.05) is 0 Å². The van der Waals surface area contributed by atoms with Gasteiger partial charge in [0.2, 0.25) is 72.8 Å². The van der Waals surface area contributed by atoms with Crippen LogP contribution in [0.1, 0.15) is 19.8 Å². The molecule has 53 heteroatoms. The number of ether oxygens (including phenoxy) is 14. The standard InChI is InChI=1S/C17H30O14S.C13H22O22S4.C8H16O10S2/c1-23-8-6-28-14(16(18)19)13(10(8)24-2)31-17-15(27-5)12(26-4)11(25-3)9(30-17)7-29-32(20,21)22;1-28-8-7(34-38(22,23)24)4-29-11(12(14)15)10(8)32-13-9(35-39(25,26)27)6(33-37(19,20)21)2-5(31-13)3-30-36(16,17)18;1-5-8(18-20(12,13)14)7(15-2)3-6(17-5)4-16-19(9,10)11/h8-15,17H,6-7H2,1-5H3,(H,18,19)(H,20,21,22);5-11,13H,2-4H2,1H3,(H,14,15)(H,16,17,18)(H,19,20,21)(H,22,23,24)(H,25,26,27);5-8H,3-4H2,1-2H3,(H,9,10,11)(H,12,13,14)/p-7/t8?,9?,10?,11-,12?,13-,14?,15?,17+;5?,6?,7?,8?,9?,10-,11?,13+;5-,6?,7?,8?/m111/s1. The van der Waals surface area contributed by atoms with Crippen LogP contribution in [0.25, 0.3) is 0 Å². The molecule has 21 atom stereocenters. The number of hydrogen-bond acceptors (Lipinski definition) is 44. The van der Waals surface area contributed by atoms with Crippen LogP contribution in [0, 0.1) is 0 Å². The normalized spacial score (nSPS) is 34.8. The first-order valence-corrected chi connectivity index (χ1v) is 34.1. The van der Waals surface area contributed by atoms with E-state index in [4.69, 9.17) is 66.3 Å². The van der Waals surface area contributed by atoms with Crippen LogP contribution >= 0.6 is 0 Å². The summed E-state index contributed by atoms with van der Waals surface area (Å²) in [7, 11) is -28.3. The first-order chi connectivity index (χ1) is 41.7. The zero-order valence-corrected chi connectivity index (χ0v) is 53.5. The van der Waals surface area contributed by atoms with Gasteiger partial charge in [0, 0.05) is 62.6 Å². The fraction of sp³-hybridized carbons (Fsp3) is 0.947. The van der Waals surface area contributed by atoms with Gasteiger partial charge in [-0.2, -0.15) is 0 Å². The van der Waals surface area contributed by atoms with E-state index in [2.05, 4.69) is 29.3 Å². The Labute approximate surface area is 519 Å². The van der Waals surface area contributed by atoms with Crippen molar-refractivity contribution in [1.29, 1.82) is 0 Å². The van der Waals surface area contributed by atoms with Crippen molar-refractivity contribution in [3.63, 3.8) is 0 Å². The van der Waals surface area contributed by atoms with Crippen LogP contribution < -0.4 is 0 Å². The highest BCUT2D eigenvalue weighted by atomic mass is 32.3. The van der Waals surface area contributed by atoms with Gasteiger partial charge in [-0.25, -0.2) is 68.5 Å². The molecule has 0 saturated carbocycles. The zero-order valence-electron chi connectivity index (χ0n) is 47.8. The van der Waals surface area contributed by atoms with Gasteiger partial charge in [0.05, 0.1) is 57.5 Å². The highest BCUT2D eigenvalue weighted by molar-refractivity contribution is 7.82. The van der Waals surface area contributed by atoms with Crippen molar-refractivity contribution in [1.82, 2.24) is 0 Å². The van der Waals surface area contributed by atoms with Crippen molar-refractivity contribution in [3.05, 3.63) is 0 Å². The number of rotatable bonds is 30. The number of carboxylic acids is 2. The lowest BCUT2D eigenvalue weighted by molar-refractivity contribution is -0.342. The van der Waals surface area contributed by atoms with Crippen molar-refractivity contribution in [2.24, 2.45) is 0 Å². The van der Waals surface area contributed by atoms with Gasteiger partial charge in [-0.3, -0.25) is 29.3 Å². The molecule has 91 heavy (non-hydrogen) atoms. The summed E-state index contributed by atoms with van der Waals surface area (Å²) in [6.07, 6.45) is -31.2. The Bertz CT molecular complexity index is 3130. The number of carbonyl (C=O) groups is 2. The molecule has 0 aromatic carbocycles. The molecule has 0 bridgehead atoms. The Hall–Kier alpha value is -2.53. The van der Waals surface area contributed by atoms with E-state index < -0.39 is 246 Å². The Balaban J connectivity index is 0.000000374. The molecule has 0 aromatic heterocycles. The maximum absolute atomic E-state index is 11.8. The summed E-state index contributed by atoms with van der Waals surface area (Å²) >= 11 is 0. The fourth-order valence-corrected chi connectivity index (χ4v) is 12.3. The Morgan fingerprint density at radius 2 is 0.747 bits per heavy atom. The molecule has 5 rings (SSSR count). The van der Waals surface area contributed by atoms with Crippen LogP contribution in [0.4, 0.5) is 0 Å². The van der Waals surface area contributed by atoms with Gasteiger partial charge in [-0.1, -0.05) is 0 Å². The van der Waals surface area contributed by atoms with Crippen LogP contribution in [0.2, 0.25) is 0 Å². The summed E-state index contributed by atoms with van der Waals surface area (Å²) in [5, 5.41) is 19.1. The molecule has 5 aliphatic rings. The van der Waals surface area contributed by atoms with Gasteiger partial charge >= 0.3 is 11.9 Å². The minimum absolute atomic E-state index is 0.00343. The second-order valence-corrected chi connectivity index (χ2v) is 25.8. The number of hydrogen-bond donors (Lipinski definition) is 2. The Kier molecular flexibility index (Phi) is 31.9. The van der Waals surface area contributed by atoms with Crippen molar-refractivity contribution < 1.29 is 206 Å². The lowest BCUT2D eigenvalue weighted by Gasteiger charge is -2.47. The van der Waals surface area contributed by atoms with Crippen molar-refractivity contribution in [2.75, 3.05) is 82.8 Å². The average Bonchev–Trinajstić information content (AvgIpc) is 0.801. The van der Waals surface area contributed by atoms with Gasteiger partial charge in [0.25, 0.3) is 0 Å². The summed E-state index contributed by atoms with van der Waals surface area (Å²) in [5.41, 5.74) is 0. The van der Waals surface area contributed by atoms with Gasteiger partial charge in [-0.15, -0.1) is 0 Å². The van der Waals surface area contributed by atoms with Gasteiger partial charge in [0.15, 0.2) is 30.9 Å². The first kappa shape index (κ1) is 82.7. The van der Waals surface area contributed by atoms with E-state index in [0.29, 0.717) is 0 Å². The van der Waals surface area contributed by atoms with E-state index in [-0.39, 0.29) is 13.0 Å². The zero-order chi connectivity index (χ0) is 69.6. The Morgan fingerprint density at radius 1 is 0.385 bits per heavy atom. The molecule has 46 nitrogen and oxygen atoms in total. The monoisotopic (exact) mass is 1480 g/mol. The summed E-state index contributed by atoms with van der Waals surface area (Å²) in [6, 6.07) is 0. The molecule has 0 amide bonds. The predicted octanol–water partition coefficient (Wildman–Crippen LogP) is -8.37. The molecule has 5 fully saturated rings. The van der Waals surface area contributed by atoms with Crippen molar-refractivity contribution >= 4 is 84.7 Å². The lowest BCUT2D eigenvalue weighted by atomic mass is 9.96. The SMILES string of the molecule is COC1C(OS(=O)(=O)[O-])COC(C(=O)O)[C@@H]1O[C@@H]1OC(COS(=O)(=O)[O-])CC(OS(=O)(=O)[O-])C1OS(=O)(=O)[O-].COC1CC(COS(=O)(=O)[O-])O[C@H](C)C1OS(=O)(=O)[O-].COC1COC(C(=O)O)[C@H](O[C@@H]2OC(COS(=O)(=O)[O-])[C@@H](OC)C(OC)C2OC)C1OC. The van der Waals surface area contributed by atoms with E-state index >= 15 is 0 Å². The molecule has 5 saturated heterocycles. The molecule has 15 unspecified atom stereocenters. The maximum atomic E-state index is 11.8.